The van der Waals surface area contributed by atoms with Crippen LogP contribution in [0.15, 0.2) is 30.3 Å². The normalized spacial score (nSPS) is 26.5. The molecule has 3 rings (SSSR count). The highest BCUT2D eigenvalue weighted by Crippen LogP contribution is 2.24. The van der Waals surface area contributed by atoms with Crippen LogP contribution in [0.1, 0.15) is 18.4 Å². The summed E-state index contributed by atoms with van der Waals surface area (Å²) in [4.78, 5) is 16.7. The monoisotopic (exact) mass is 318 g/mol. The van der Waals surface area contributed by atoms with Crippen molar-refractivity contribution in [1.29, 1.82) is 0 Å². The molecule has 0 radical (unpaired) electrons. The number of amides is 1. The number of hydrogen-bond acceptors (Lipinski definition) is 4. The van der Waals surface area contributed by atoms with E-state index in [1.165, 1.54) is 5.56 Å². The van der Waals surface area contributed by atoms with Crippen LogP contribution >= 0.6 is 0 Å². The molecule has 23 heavy (non-hydrogen) atoms. The standard InChI is InChI=1S/C18H26N2O3/c21-17-18(22,15-19-11-13-23-14-12-19)8-4-9-20(17)10-7-16-5-2-1-3-6-16/h1-3,5-6,22H,4,7-15H2/t18-/m0/s1. The van der Waals surface area contributed by atoms with E-state index in [0.29, 0.717) is 32.7 Å². The lowest BCUT2D eigenvalue weighted by Gasteiger charge is -2.41. The van der Waals surface area contributed by atoms with Gasteiger partial charge in [-0.15, -0.1) is 0 Å². The first-order valence-electron chi connectivity index (χ1n) is 8.53. The van der Waals surface area contributed by atoms with Crippen LogP contribution < -0.4 is 0 Å². The molecule has 1 aromatic rings. The maximum atomic E-state index is 12.8. The number of aliphatic hydroxyl groups is 1. The molecule has 0 aliphatic carbocycles. The number of β-amino-alcohol motifs (C(OH)–C–C–N with tert-alkyl or cyclic N) is 1. The van der Waals surface area contributed by atoms with Crippen LogP contribution in [-0.2, 0) is 16.0 Å². The van der Waals surface area contributed by atoms with Crippen molar-refractivity contribution < 1.29 is 14.6 Å². The first-order chi connectivity index (χ1) is 11.2. The Bertz CT molecular complexity index is 516. The van der Waals surface area contributed by atoms with Crippen molar-refractivity contribution in [2.45, 2.75) is 24.9 Å². The number of likely N-dealkylation sites (tertiary alicyclic amines) is 1. The molecule has 0 aromatic heterocycles. The Labute approximate surface area is 137 Å². The number of ether oxygens (including phenoxy) is 1. The second kappa shape index (κ2) is 7.43. The molecule has 5 heteroatoms. The highest BCUT2D eigenvalue weighted by atomic mass is 16.5. The van der Waals surface area contributed by atoms with E-state index in [1.54, 1.807) is 0 Å². The average Bonchev–Trinajstić information content (AvgIpc) is 2.58. The van der Waals surface area contributed by atoms with Crippen molar-refractivity contribution in [1.82, 2.24) is 9.80 Å². The van der Waals surface area contributed by atoms with Gasteiger partial charge in [-0.25, -0.2) is 0 Å². The summed E-state index contributed by atoms with van der Waals surface area (Å²) >= 11 is 0. The number of carbonyl (C=O) groups excluding carboxylic acids is 1. The maximum absolute atomic E-state index is 12.8. The van der Waals surface area contributed by atoms with Gasteiger partial charge < -0.3 is 14.7 Å². The predicted octanol–water partition coefficient (Wildman–Crippen LogP) is 0.915. The third kappa shape index (κ3) is 4.10. The summed E-state index contributed by atoms with van der Waals surface area (Å²) in [6.07, 6.45) is 2.26. The summed E-state index contributed by atoms with van der Waals surface area (Å²) in [6.45, 7) is 4.80. The van der Waals surface area contributed by atoms with Crippen molar-refractivity contribution >= 4 is 5.91 Å². The molecule has 2 saturated heterocycles. The molecule has 5 nitrogen and oxygen atoms in total. The third-order valence-corrected chi connectivity index (χ3v) is 4.81. The second-order valence-electron chi connectivity index (χ2n) is 6.55. The molecular formula is C18H26N2O3. The highest BCUT2D eigenvalue weighted by molar-refractivity contribution is 5.86. The summed E-state index contributed by atoms with van der Waals surface area (Å²) in [5, 5.41) is 10.9. The second-order valence-corrected chi connectivity index (χ2v) is 6.55. The van der Waals surface area contributed by atoms with Crippen LogP contribution in [0.25, 0.3) is 0 Å². The summed E-state index contributed by atoms with van der Waals surface area (Å²) in [5.41, 5.74) is -0.00526. The lowest BCUT2D eigenvalue weighted by Crippen LogP contribution is -2.59. The molecule has 1 N–H and O–H groups in total. The number of piperidine rings is 1. The number of nitrogens with zero attached hydrogens (tertiary/aromatic N) is 2. The molecule has 1 amide bonds. The van der Waals surface area contributed by atoms with Crippen LogP contribution in [0.5, 0.6) is 0 Å². The fourth-order valence-electron chi connectivity index (χ4n) is 3.46. The van der Waals surface area contributed by atoms with Gasteiger partial charge in [0.2, 0.25) is 0 Å². The highest BCUT2D eigenvalue weighted by Gasteiger charge is 2.43. The number of carbonyl (C=O) groups is 1. The molecule has 0 unspecified atom stereocenters. The van der Waals surface area contributed by atoms with E-state index in [4.69, 9.17) is 4.74 Å². The maximum Gasteiger partial charge on any atom is 0.255 e. The van der Waals surface area contributed by atoms with Crippen molar-refractivity contribution in [2.75, 3.05) is 45.9 Å². The smallest absolute Gasteiger partial charge is 0.255 e. The van der Waals surface area contributed by atoms with Crippen LogP contribution in [0, 0.1) is 0 Å². The zero-order valence-corrected chi connectivity index (χ0v) is 13.6. The molecule has 126 valence electrons. The van der Waals surface area contributed by atoms with Gasteiger partial charge in [0.15, 0.2) is 5.60 Å². The Morgan fingerprint density at radius 3 is 2.61 bits per heavy atom. The van der Waals surface area contributed by atoms with E-state index < -0.39 is 5.60 Å². The van der Waals surface area contributed by atoms with Crippen LogP contribution in [-0.4, -0.2) is 72.4 Å². The van der Waals surface area contributed by atoms with Crippen molar-refractivity contribution in [3.05, 3.63) is 35.9 Å². The molecule has 2 aliphatic heterocycles. The van der Waals surface area contributed by atoms with E-state index in [0.717, 1.165) is 32.5 Å². The van der Waals surface area contributed by atoms with Gasteiger partial charge in [0, 0.05) is 32.7 Å². The fourth-order valence-corrected chi connectivity index (χ4v) is 3.46. The molecule has 0 bridgehead atoms. The molecule has 1 atom stereocenters. The largest absolute Gasteiger partial charge is 0.379 e. The zero-order valence-electron chi connectivity index (χ0n) is 13.6. The predicted molar refractivity (Wildman–Crippen MR) is 88.2 cm³/mol. The van der Waals surface area contributed by atoms with E-state index in [-0.39, 0.29) is 5.91 Å². The Morgan fingerprint density at radius 1 is 1.13 bits per heavy atom. The summed E-state index contributed by atoms with van der Waals surface area (Å²) < 4.78 is 5.34. The van der Waals surface area contributed by atoms with Gasteiger partial charge in [-0.05, 0) is 24.8 Å². The summed E-state index contributed by atoms with van der Waals surface area (Å²) in [5.74, 6) is -0.105. The lowest BCUT2D eigenvalue weighted by atomic mass is 9.90. The average molecular weight is 318 g/mol. The van der Waals surface area contributed by atoms with Crippen LogP contribution in [0.3, 0.4) is 0 Å². The Hall–Kier alpha value is -1.43. The number of hydrogen-bond donors (Lipinski definition) is 1. The molecule has 0 saturated carbocycles. The topological polar surface area (TPSA) is 53.0 Å². The van der Waals surface area contributed by atoms with Crippen molar-refractivity contribution in [3.8, 4) is 0 Å². The van der Waals surface area contributed by atoms with E-state index >= 15 is 0 Å². The Balaban J connectivity index is 1.58. The van der Waals surface area contributed by atoms with Crippen molar-refractivity contribution in [3.63, 3.8) is 0 Å². The zero-order chi connectivity index (χ0) is 16.1. The van der Waals surface area contributed by atoms with Crippen molar-refractivity contribution in [2.24, 2.45) is 0 Å². The lowest BCUT2D eigenvalue weighted by molar-refractivity contribution is -0.160. The Kier molecular flexibility index (Phi) is 5.30. The van der Waals surface area contributed by atoms with Gasteiger partial charge in [-0.3, -0.25) is 9.69 Å². The minimum absolute atomic E-state index is 0.105. The van der Waals surface area contributed by atoms with Gasteiger partial charge in [0.25, 0.3) is 5.91 Å². The molecule has 2 fully saturated rings. The van der Waals surface area contributed by atoms with Gasteiger partial charge in [0.05, 0.1) is 13.2 Å². The molecule has 1 aromatic carbocycles. The molecule has 2 heterocycles. The number of rotatable bonds is 5. The van der Waals surface area contributed by atoms with E-state index in [9.17, 15) is 9.90 Å². The fraction of sp³-hybridized carbons (Fsp3) is 0.611. The van der Waals surface area contributed by atoms with Gasteiger partial charge in [-0.2, -0.15) is 0 Å². The minimum atomic E-state index is -1.23. The summed E-state index contributed by atoms with van der Waals surface area (Å²) in [7, 11) is 0. The van der Waals surface area contributed by atoms with E-state index in [1.807, 2.05) is 23.1 Å². The van der Waals surface area contributed by atoms with Gasteiger partial charge in [0.1, 0.15) is 0 Å². The molecular weight excluding hydrogens is 292 g/mol. The minimum Gasteiger partial charge on any atom is -0.379 e. The first kappa shape index (κ1) is 16.4. The SMILES string of the molecule is O=C1N(CCc2ccccc2)CCC[C@]1(O)CN1CCOCC1. The summed E-state index contributed by atoms with van der Waals surface area (Å²) in [6, 6.07) is 10.2. The number of morpholine rings is 1. The van der Waals surface area contributed by atoms with Gasteiger partial charge >= 0.3 is 0 Å². The van der Waals surface area contributed by atoms with Crippen LogP contribution in [0.4, 0.5) is 0 Å². The number of benzene rings is 1. The third-order valence-electron chi connectivity index (χ3n) is 4.81. The van der Waals surface area contributed by atoms with Crippen LogP contribution in [0.2, 0.25) is 0 Å². The first-order valence-corrected chi connectivity index (χ1v) is 8.53. The van der Waals surface area contributed by atoms with E-state index in [2.05, 4.69) is 17.0 Å². The molecule has 2 aliphatic rings. The van der Waals surface area contributed by atoms with Gasteiger partial charge in [-0.1, -0.05) is 30.3 Å². The quantitative estimate of drug-likeness (QED) is 0.877. The Morgan fingerprint density at radius 2 is 1.87 bits per heavy atom. The molecule has 0 spiro atoms.